The molecule has 8 nitrogen and oxygen atoms in total. The second kappa shape index (κ2) is 12.4. The number of para-hydroxylation sites is 1. The largest absolute Gasteiger partial charge is 0.457 e. The van der Waals surface area contributed by atoms with Crippen LogP contribution in [0.2, 0.25) is 10.0 Å². The summed E-state index contributed by atoms with van der Waals surface area (Å²) in [5.74, 6) is -0.309. The number of anilines is 2. The number of amides is 1. The molecule has 1 amide bonds. The summed E-state index contributed by atoms with van der Waals surface area (Å²) in [7, 11) is -4.09. The van der Waals surface area contributed by atoms with Gasteiger partial charge in [-0.25, -0.2) is 13.2 Å². The van der Waals surface area contributed by atoms with E-state index in [9.17, 15) is 18.0 Å². The van der Waals surface area contributed by atoms with Gasteiger partial charge in [0, 0.05) is 10.7 Å². The van der Waals surface area contributed by atoms with Crippen LogP contribution in [-0.4, -0.2) is 26.4 Å². The van der Waals surface area contributed by atoms with Crippen LogP contribution >= 0.6 is 23.2 Å². The molecule has 0 saturated heterocycles. The average molecular weight is 599 g/mol. The van der Waals surface area contributed by atoms with E-state index in [0.717, 1.165) is 11.6 Å². The third kappa shape index (κ3) is 7.32. The highest BCUT2D eigenvalue weighted by Crippen LogP contribution is 2.26. The van der Waals surface area contributed by atoms with Gasteiger partial charge < -0.3 is 14.8 Å². The number of aryl methyl sites for hydroxylation is 1. The standard InChI is InChI=1S/C29H24Cl2N2O6S/c1-18-8-9-21(16-27(18)31)33-40(36,37)24-14-15-26(30)25(17-24)29(35)38-19(2)28(34)32-20-10-12-23(13-11-20)39-22-6-4-3-5-7-22/h3-17,19,33H,1-2H3,(H,32,34). The lowest BCUT2D eigenvalue weighted by atomic mass is 10.2. The molecule has 206 valence electrons. The number of carbonyl (C=O) groups is 2. The number of hydrogen-bond donors (Lipinski definition) is 2. The summed E-state index contributed by atoms with van der Waals surface area (Å²) in [5, 5.41) is 3.01. The summed E-state index contributed by atoms with van der Waals surface area (Å²) in [5.41, 5.74) is 1.28. The quantitative estimate of drug-likeness (QED) is 0.199. The smallest absolute Gasteiger partial charge is 0.340 e. The predicted octanol–water partition coefficient (Wildman–Crippen LogP) is 7.08. The second-order valence-corrected chi connectivity index (χ2v) is 11.2. The zero-order chi connectivity index (χ0) is 28.9. The van der Waals surface area contributed by atoms with Crippen molar-refractivity contribution < 1.29 is 27.5 Å². The Kier molecular flexibility index (Phi) is 8.99. The molecule has 4 aromatic rings. The maximum atomic E-state index is 12.9. The minimum absolute atomic E-state index is 0.0380. The Bertz CT molecular complexity index is 1650. The summed E-state index contributed by atoms with van der Waals surface area (Å²) in [6.45, 7) is 3.17. The van der Waals surface area contributed by atoms with Gasteiger partial charge in [-0.05, 0) is 86.1 Å². The van der Waals surface area contributed by atoms with E-state index in [1.165, 1.54) is 25.1 Å². The molecule has 0 aliphatic carbocycles. The van der Waals surface area contributed by atoms with Crippen molar-refractivity contribution in [2.45, 2.75) is 24.8 Å². The van der Waals surface area contributed by atoms with Crippen LogP contribution in [0.15, 0.2) is 95.9 Å². The number of nitrogens with one attached hydrogen (secondary N) is 2. The lowest BCUT2D eigenvalue weighted by molar-refractivity contribution is -0.123. The Morgan fingerprint density at radius 3 is 2.12 bits per heavy atom. The van der Waals surface area contributed by atoms with Crippen LogP contribution in [-0.2, 0) is 19.6 Å². The summed E-state index contributed by atoms with van der Waals surface area (Å²) in [6, 6.07) is 24.2. The van der Waals surface area contributed by atoms with E-state index in [1.54, 1.807) is 43.3 Å². The maximum absolute atomic E-state index is 12.9. The second-order valence-electron chi connectivity index (χ2n) is 8.69. The van der Waals surface area contributed by atoms with E-state index in [2.05, 4.69) is 10.0 Å². The molecular weight excluding hydrogens is 575 g/mol. The molecule has 0 saturated carbocycles. The summed E-state index contributed by atoms with van der Waals surface area (Å²) in [4.78, 5) is 25.3. The van der Waals surface area contributed by atoms with Crippen LogP contribution in [0.25, 0.3) is 0 Å². The van der Waals surface area contributed by atoms with Crippen LogP contribution in [0, 0.1) is 6.92 Å². The van der Waals surface area contributed by atoms with Crippen molar-refractivity contribution in [3.05, 3.63) is 112 Å². The van der Waals surface area contributed by atoms with Gasteiger partial charge in [-0.2, -0.15) is 0 Å². The third-order valence-electron chi connectivity index (χ3n) is 5.65. The molecule has 11 heteroatoms. The topological polar surface area (TPSA) is 111 Å². The number of hydrogen-bond acceptors (Lipinski definition) is 6. The molecule has 1 atom stereocenters. The van der Waals surface area contributed by atoms with Gasteiger partial charge in [0.1, 0.15) is 11.5 Å². The number of esters is 1. The number of carbonyl (C=O) groups excluding carboxylic acids is 2. The number of ether oxygens (including phenoxy) is 2. The molecule has 0 spiro atoms. The highest BCUT2D eigenvalue weighted by atomic mass is 35.5. The van der Waals surface area contributed by atoms with Crippen molar-refractivity contribution in [2.24, 2.45) is 0 Å². The highest BCUT2D eigenvalue weighted by molar-refractivity contribution is 7.92. The van der Waals surface area contributed by atoms with Gasteiger partial charge in [0.25, 0.3) is 15.9 Å². The molecule has 2 N–H and O–H groups in total. The number of sulfonamides is 1. The molecule has 0 aliphatic rings. The van der Waals surface area contributed by atoms with Crippen molar-refractivity contribution in [1.82, 2.24) is 0 Å². The van der Waals surface area contributed by atoms with E-state index in [4.69, 9.17) is 32.7 Å². The molecule has 40 heavy (non-hydrogen) atoms. The molecular formula is C29H24Cl2N2O6S. The fourth-order valence-electron chi connectivity index (χ4n) is 3.45. The molecule has 4 aromatic carbocycles. The Morgan fingerprint density at radius 2 is 1.45 bits per heavy atom. The van der Waals surface area contributed by atoms with Gasteiger partial charge in [0.05, 0.1) is 21.2 Å². The van der Waals surface area contributed by atoms with E-state index < -0.39 is 28.0 Å². The third-order valence-corrected chi connectivity index (χ3v) is 7.76. The first-order valence-electron chi connectivity index (χ1n) is 12.0. The number of rotatable bonds is 9. The van der Waals surface area contributed by atoms with Gasteiger partial charge in [0.15, 0.2) is 6.10 Å². The fraction of sp³-hybridized carbons (Fsp3) is 0.103. The minimum atomic E-state index is -4.09. The van der Waals surface area contributed by atoms with E-state index in [1.807, 2.05) is 30.3 Å². The van der Waals surface area contributed by atoms with E-state index in [-0.39, 0.29) is 21.2 Å². The summed E-state index contributed by atoms with van der Waals surface area (Å²) < 4.78 is 39.3. The fourth-order valence-corrected chi connectivity index (χ4v) is 4.90. The first-order valence-corrected chi connectivity index (χ1v) is 14.2. The first-order chi connectivity index (χ1) is 19.0. The molecule has 4 rings (SSSR count). The van der Waals surface area contributed by atoms with Crippen LogP contribution < -0.4 is 14.8 Å². The molecule has 0 heterocycles. The normalized spacial score (nSPS) is 11.8. The Morgan fingerprint density at radius 1 is 0.800 bits per heavy atom. The maximum Gasteiger partial charge on any atom is 0.340 e. The van der Waals surface area contributed by atoms with Crippen molar-refractivity contribution >= 4 is 56.5 Å². The molecule has 0 fully saturated rings. The van der Waals surface area contributed by atoms with Gasteiger partial charge >= 0.3 is 5.97 Å². The lowest BCUT2D eigenvalue weighted by Gasteiger charge is -2.15. The van der Waals surface area contributed by atoms with Crippen molar-refractivity contribution in [2.75, 3.05) is 10.0 Å². The number of benzene rings is 4. The zero-order valence-electron chi connectivity index (χ0n) is 21.4. The lowest BCUT2D eigenvalue weighted by Crippen LogP contribution is -2.30. The first kappa shape index (κ1) is 28.9. The van der Waals surface area contributed by atoms with Crippen molar-refractivity contribution in [1.29, 1.82) is 0 Å². The zero-order valence-corrected chi connectivity index (χ0v) is 23.7. The van der Waals surface area contributed by atoms with Gasteiger partial charge in [-0.15, -0.1) is 0 Å². The van der Waals surface area contributed by atoms with E-state index in [0.29, 0.717) is 22.2 Å². The SMILES string of the molecule is Cc1ccc(NS(=O)(=O)c2ccc(Cl)c(C(=O)OC(C)C(=O)Nc3ccc(Oc4ccccc4)cc3)c2)cc1Cl. The molecule has 0 radical (unpaired) electrons. The monoisotopic (exact) mass is 598 g/mol. The molecule has 0 bridgehead atoms. The van der Waals surface area contributed by atoms with Crippen molar-refractivity contribution in [3.8, 4) is 11.5 Å². The summed E-state index contributed by atoms with van der Waals surface area (Å²) in [6.07, 6.45) is -1.21. The van der Waals surface area contributed by atoms with Crippen LogP contribution in [0.4, 0.5) is 11.4 Å². The van der Waals surface area contributed by atoms with Crippen LogP contribution in [0.1, 0.15) is 22.8 Å². The minimum Gasteiger partial charge on any atom is -0.457 e. The van der Waals surface area contributed by atoms with Gasteiger partial charge in [-0.3, -0.25) is 9.52 Å². The number of halogens is 2. The molecule has 0 aromatic heterocycles. The summed E-state index contributed by atoms with van der Waals surface area (Å²) >= 11 is 12.2. The molecule has 0 aliphatic heterocycles. The van der Waals surface area contributed by atoms with Crippen LogP contribution in [0.3, 0.4) is 0 Å². The highest BCUT2D eigenvalue weighted by Gasteiger charge is 2.24. The van der Waals surface area contributed by atoms with Crippen molar-refractivity contribution in [3.63, 3.8) is 0 Å². The van der Waals surface area contributed by atoms with Gasteiger partial charge in [0.2, 0.25) is 0 Å². The van der Waals surface area contributed by atoms with Crippen LogP contribution in [0.5, 0.6) is 11.5 Å². The average Bonchev–Trinajstić information content (AvgIpc) is 2.92. The Balaban J connectivity index is 1.40. The Labute approximate surface area is 241 Å². The predicted molar refractivity (Wildman–Crippen MR) is 155 cm³/mol. The van der Waals surface area contributed by atoms with Gasteiger partial charge in [-0.1, -0.05) is 47.5 Å². The molecule has 1 unspecified atom stereocenters. The Hall–Kier alpha value is -4.05. The van der Waals surface area contributed by atoms with E-state index >= 15 is 0 Å².